The first-order valence-electron chi connectivity index (χ1n) is 10.7. The van der Waals surface area contributed by atoms with Crippen molar-refractivity contribution in [3.63, 3.8) is 0 Å². The van der Waals surface area contributed by atoms with Crippen LogP contribution in [0.1, 0.15) is 48.7 Å². The summed E-state index contributed by atoms with van der Waals surface area (Å²) < 4.78 is 0. The molecule has 1 fully saturated rings. The molecule has 0 aliphatic carbocycles. The highest BCUT2D eigenvalue weighted by Crippen LogP contribution is 2.35. The van der Waals surface area contributed by atoms with Crippen molar-refractivity contribution in [3.05, 3.63) is 71.3 Å². The SMILES string of the molecule is Cc1ccccc1C(=O)N1[C@@H](C(C)C)SC[C@H]1C(=O)N[C@@H](C)CCc1ccccc1. The highest BCUT2D eigenvalue weighted by Gasteiger charge is 2.43. The second kappa shape index (κ2) is 10.2. The molecule has 1 saturated heterocycles. The van der Waals surface area contributed by atoms with Gasteiger partial charge in [0.15, 0.2) is 0 Å². The molecule has 1 N–H and O–H groups in total. The minimum absolute atomic E-state index is 0.00693. The Hall–Kier alpha value is -2.27. The van der Waals surface area contributed by atoms with Gasteiger partial charge in [-0.05, 0) is 49.8 Å². The van der Waals surface area contributed by atoms with Crippen LogP contribution in [0.5, 0.6) is 0 Å². The van der Waals surface area contributed by atoms with Crippen molar-refractivity contribution in [3.8, 4) is 0 Å². The Bertz CT molecular complexity index is 868. The first kappa shape index (κ1) is 22.4. The van der Waals surface area contributed by atoms with Gasteiger partial charge in [-0.3, -0.25) is 9.59 Å². The number of carbonyl (C=O) groups excluding carboxylic acids is 2. The molecule has 5 heteroatoms. The topological polar surface area (TPSA) is 49.4 Å². The summed E-state index contributed by atoms with van der Waals surface area (Å²) in [5, 5.41) is 3.16. The van der Waals surface area contributed by atoms with Gasteiger partial charge in [-0.2, -0.15) is 0 Å². The number of benzene rings is 2. The molecule has 4 nitrogen and oxygen atoms in total. The minimum atomic E-state index is -0.436. The smallest absolute Gasteiger partial charge is 0.255 e. The molecule has 30 heavy (non-hydrogen) atoms. The quantitative estimate of drug-likeness (QED) is 0.703. The standard InChI is InChI=1S/C25H32N2O2S/c1-17(2)25-27(24(29)21-13-9-8-10-18(21)3)22(16-30-25)23(28)26-19(4)14-15-20-11-6-5-7-12-20/h5-13,17,19,22,25H,14-16H2,1-4H3,(H,26,28)/t19-,22-,25+/m0/s1. The first-order valence-corrected chi connectivity index (χ1v) is 11.8. The Morgan fingerprint density at radius 2 is 1.73 bits per heavy atom. The maximum absolute atomic E-state index is 13.4. The van der Waals surface area contributed by atoms with Gasteiger partial charge in [-0.1, -0.05) is 62.4 Å². The van der Waals surface area contributed by atoms with Gasteiger partial charge in [0.2, 0.25) is 5.91 Å². The number of nitrogens with one attached hydrogen (secondary N) is 1. The van der Waals surface area contributed by atoms with E-state index in [-0.39, 0.29) is 29.1 Å². The van der Waals surface area contributed by atoms with Crippen molar-refractivity contribution in [2.45, 2.75) is 58.0 Å². The molecule has 160 valence electrons. The largest absolute Gasteiger partial charge is 0.352 e. The number of carbonyl (C=O) groups is 2. The lowest BCUT2D eigenvalue weighted by molar-refractivity contribution is -0.125. The second-order valence-electron chi connectivity index (χ2n) is 8.44. The van der Waals surface area contributed by atoms with Crippen LogP contribution < -0.4 is 5.32 Å². The molecular formula is C25H32N2O2S. The van der Waals surface area contributed by atoms with Crippen LogP contribution in [-0.2, 0) is 11.2 Å². The molecule has 0 aromatic heterocycles. The first-order chi connectivity index (χ1) is 14.4. The summed E-state index contributed by atoms with van der Waals surface area (Å²) in [6, 6.07) is 17.5. The normalized spacial score (nSPS) is 19.7. The van der Waals surface area contributed by atoms with E-state index in [1.807, 2.05) is 61.2 Å². The fourth-order valence-electron chi connectivity index (χ4n) is 3.89. The van der Waals surface area contributed by atoms with E-state index in [9.17, 15) is 9.59 Å². The number of hydrogen-bond acceptors (Lipinski definition) is 3. The van der Waals surface area contributed by atoms with Gasteiger partial charge < -0.3 is 10.2 Å². The number of hydrogen-bond donors (Lipinski definition) is 1. The number of amides is 2. The molecule has 0 bridgehead atoms. The molecule has 0 saturated carbocycles. The van der Waals surface area contributed by atoms with Gasteiger partial charge in [0.05, 0.1) is 5.37 Å². The molecular weight excluding hydrogens is 392 g/mol. The van der Waals surface area contributed by atoms with E-state index in [4.69, 9.17) is 0 Å². The second-order valence-corrected chi connectivity index (χ2v) is 9.59. The zero-order valence-corrected chi connectivity index (χ0v) is 19.1. The summed E-state index contributed by atoms with van der Waals surface area (Å²) in [6.45, 7) is 8.20. The van der Waals surface area contributed by atoms with Crippen molar-refractivity contribution >= 4 is 23.6 Å². The molecule has 0 radical (unpaired) electrons. The van der Waals surface area contributed by atoms with Crippen LogP contribution in [0.15, 0.2) is 54.6 Å². The average molecular weight is 425 g/mol. The number of aryl methyl sites for hydroxylation is 2. The van der Waals surface area contributed by atoms with Crippen LogP contribution in [0.4, 0.5) is 0 Å². The van der Waals surface area contributed by atoms with Crippen LogP contribution >= 0.6 is 11.8 Å². The molecule has 3 atom stereocenters. The molecule has 0 spiro atoms. The fourth-order valence-corrected chi connectivity index (χ4v) is 5.37. The van der Waals surface area contributed by atoms with Crippen LogP contribution in [0.3, 0.4) is 0 Å². The van der Waals surface area contributed by atoms with Gasteiger partial charge in [-0.15, -0.1) is 11.8 Å². The summed E-state index contributed by atoms with van der Waals surface area (Å²) in [7, 11) is 0. The summed E-state index contributed by atoms with van der Waals surface area (Å²) >= 11 is 1.71. The van der Waals surface area contributed by atoms with Crippen molar-refractivity contribution in [2.24, 2.45) is 5.92 Å². The summed E-state index contributed by atoms with van der Waals surface area (Å²) in [5.41, 5.74) is 2.89. The van der Waals surface area contributed by atoms with Gasteiger partial charge in [0, 0.05) is 17.4 Å². The highest BCUT2D eigenvalue weighted by molar-refractivity contribution is 8.00. The van der Waals surface area contributed by atoms with Crippen LogP contribution in [0, 0.1) is 12.8 Å². The zero-order chi connectivity index (χ0) is 21.7. The maximum atomic E-state index is 13.4. The minimum Gasteiger partial charge on any atom is -0.352 e. The number of rotatable bonds is 7. The predicted octanol–water partition coefficient (Wildman–Crippen LogP) is 4.67. The van der Waals surface area contributed by atoms with E-state index in [0.717, 1.165) is 18.4 Å². The molecule has 2 aromatic carbocycles. The highest BCUT2D eigenvalue weighted by atomic mass is 32.2. The number of thioether (sulfide) groups is 1. The Morgan fingerprint density at radius 3 is 2.40 bits per heavy atom. The lowest BCUT2D eigenvalue weighted by Crippen LogP contribution is -2.52. The van der Waals surface area contributed by atoms with Crippen molar-refractivity contribution in [2.75, 3.05) is 5.75 Å². The van der Waals surface area contributed by atoms with Gasteiger partial charge in [0.1, 0.15) is 6.04 Å². The molecule has 1 aliphatic heterocycles. The third-order valence-electron chi connectivity index (χ3n) is 5.62. The van der Waals surface area contributed by atoms with Crippen LogP contribution in [0.25, 0.3) is 0 Å². The summed E-state index contributed by atoms with van der Waals surface area (Å²) in [4.78, 5) is 28.4. The Labute approximate surface area is 184 Å². The lowest BCUT2D eigenvalue weighted by atomic mass is 10.0. The van der Waals surface area contributed by atoms with Crippen LogP contribution in [0.2, 0.25) is 0 Å². The summed E-state index contributed by atoms with van der Waals surface area (Å²) in [5.74, 6) is 0.816. The van der Waals surface area contributed by atoms with E-state index in [1.165, 1.54) is 5.56 Å². The Balaban J connectivity index is 1.70. The average Bonchev–Trinajstić information content (AvgIpc) is 3.18. The van der Waals surface area contributed by atoms with Gasteiger partial charge >= 0.3 is 0 Å². The predicted molar refractivity (Wildman–Crippen MR) is 125 cm³/mol. The summed E-state index contributed by atoms with van der Waals surface area (Å²) in [6.07, 6.45) is 1.79. The monoisotopic (exact) mass is 424 g/mol. The van der Waals surface area contributed by atoms with Crippen molar-refractivity contribution in [1.29, 1.82) is 0 Å². The van der Waals surface area contributed by atoms with Crippen molar-refractivity contribution in [1.82, 2.24) is 10.2 Å². The molecule has 1 heterocycles. The van der Waals surface area contributed by atoms with E-state index >= 15 is 0 Å². The molecule has 1 aliphatic rings. The van der Waals surface area contributed by atoms with E-state index in [0.29, 0.717) is 11.3 Å². The van der Waals surface area contributed by atoms with E-state index < -0.39 is 6.04 Å². The van der Waals surface area contributed by atoms with Gasteiger partial charge in [-0.25, -0.2) is 0 Å². The Kier molecular flexibility index (Phi) is 7.59. The third kappa shape index (κ3) is 5.25. The molecule has 3 rings (SSSR count). The van der Waals surface area contributed by atoms with Crippen molar-refractivity contribution < 1.29 is 9.59 Å². The molecule has 2 aromatic rings. The Morgan fingerprint density at radius 1 is 1.07 bits per heavy atom. The van der Waals surface area contributed by atoms with Crippen LogP contribution in [-0.4, -0.2) is 39.9 Å². The number of nitrogens with zero attached hydrogens (tertiary/aromatic N) is 1. The van der Waals surface area contributed by atoms with E-state index in [1.54, 1.807) is 11.8 Å². The van der Waals surface area contributed by atoms with Gasteiger partial charge in [0.25, 0.3) is 5.91 Å². The molecule has 2 amide bonds. The zero-order valence-electron chi connectivity index (χ0n) is 18.3. The fraction of sp³-hybridized carbons (Fsp3) is 0.440. The lowest BCUT2D eigenvalue weighted by Gasteiger charge is -2.32. The van der Waals surface area contributed by atoms with E-state index in [2.05, 4.69) is 31.3 Å². The maximum Gasteiger partial charge on any atom is 0.255 e. The third-order valence-corrected chi connectivity index (χ3v) is 7.24. The molecule has 0 unspecified atom stereocenters.